The molecular formula is C24H32N6O2. The van der Waals surface area contributed by atoms with Crippen molar-refractivity contribution in [3.63, 3.8) is 0 Å². The van der Waals surface area contributed by atoms with Crippen molar-refractivity contribution in [2.24, 2.45) is 5.92 Å². The summed E-state index contributed by atoms with van der Waals surface area (Å²) in [5.74, 6) is 1.42. The Morgan fingerprint density at radius 3 is 2.72 bits per heavy atom. The molecule has 170 valence electrons. The first kappa shape index (κ1) is 21.3. The number of pyridine rings is 1. The number of H-pyrrole nitrogens is 1. The molecule has 32 heavy (non-hydrogen) atoms. The first-order valence-corrected chi connectivity index (χ1v) is 11.8. The summed E-state index contributed by atoms with van der Waals surface area (Å²) in [4.78, 5) is 19.0. The lowest BCUT2D eigenvalue weighted by Crippen LogP contribution is -2.40. The van der Waals surface area contributed by atoms with Gasteiger partial charge < -0.3 is 9.72 Å². The zero-order chi connectivity index (χ0) is 22.2. The molecule has 0 unspecified atom stereocenters. The Morgan fingerprint density at radius 1 is 1.19 bits per heavy atom. The number of hydrogen-bond acceptors (Lipinski definition) is 6. The van der Waals surface area contributed by atoms with Crippen LogP contribution in [0, 0.1) is 19.8 Å². The fraction of sp³-hybridized carbons (Fsp3) is 0.583. The van der Waals surface area contributed by atoms with E-state index in [2.05, 4.69) is 57.5 Å². The molecule has 5 rings (SSSR count). The maximum atomic E-state index is 13.4. The molecule has 0 spiro atoms. The van der Waals surface area contributed by atoms with E-state index in [1.54, 1.807) is 0 Å². The smallest absolute Gasteiger partial charge is 0.253 e. The van der Waals surface area contributed by atoms with Crippen LogP contribution >= 0.6 is 0 Å². The number of tetrazole rings is 1. The maximum Gasteiger partial charge on any atom is 0.253 e. The van der Waals surface area contributed by atoms with E-state index >= 15 is 0 Å². The molecule has 0 bridgehead atoms. The Hall–Kier alpha value is -2.58. The number of nitrogens with one attached hydrogen (secondary N) is 1. The topological polar surface area (TPSA) is 88.9 Å². The third-order valence-electron chi connectivity index (χ3n) is 7.16. The minimum absolute atomic E-state index is 0.0681. The summed E-state index contributed by atoms with van der Waals surface area (Å²) in [5.41, 5.74) is 3.77. The monoisotopic (exact) mass is 436 g/mol. The lowest BCUT2D eigenvalue weighted by molar-refractivity contribution is 0.0894. The molecule has 0 amide bonds. The Labute approximate surface area is 188 Å². The van der Waals surface area contributed by atoms with Gasteiger partial charge in [-0.25, -0.2) is 4.68 Å². The predicted molar refractivity (Wildman–Crippen MR) is 123 cm³/mol. The van der Waals surface area contributed by atoms with Gasteiger partial charge in [0.15, 0.2) is 5.82 Å². The Kier molecular flexibility index (Phi) is 5.82. The molecule has 2 aliphatic rings. The third-order valence-corrected chi connectivity index (χ3v) is 7.16. The summed E-state index contributed by atoms with van der Waals surface area (Å²) < 4.78 is 7.69. The Bertz CT molecular complexity index is 1150. The number of nitrogens with zero attached hydrogens (tertiary/aromatic N) is 5. The number of hydrogen-bond donors (Lipinski definition) is 1. The van der Waals surface area contributed by atoms with Crippen LogP contribution in [0.3, 0.4) is 0 Å². The molecule has 4 heterocycles. The van der Waals surface area contributed by atoms with Gasteiger partial charge in [-0.05, 0) is 86.2 Å². The second kappa shape index (κ2) is 8.75. The fourth-order valence-corrected chi connectivity index (χ4v) is 5.10. The van der Waals surface area contributed by atoms with Gasteiger partial charge in [-0.1, -0.05) is 19.1 Å². The minimum atomic E-state index is -0.285. The number of aromatic amines is 1. The number of likely N-dealkylation sites (tertiary alicyclic amines) is 1. The number of piperidine rings is 1. The normalized spacial score (nSPS) is 21.4. The van der Waals surface area contributed by atoms with Gasteiger partial charge in [-0.3, -0.25) is 9.69 Å². The second-order valence-corrected chi connectivity index (χ2v) is 9.52. The average molecular weight is 437 g/mol. The van der Waals surface area contributed by atoms with Gasteiger partial charge >= 0.3 is 0 Å². The van der Waals surface area contributed by atoms with Gasteiger partial charge in [0.2, 0.25) is 0 Å². The quantitative estimate of drug-likeness (QED) is 0.661. The lowest BCUT2D eigenvalue weighted by Gasteiger charge is -2.36. The number of fused-ring (bicyclic) bond motifs is 1. The van der Waals surface area contributed by atoms with Crippen LogP contribution in [0.15, 0.2) is 23.0 Å². The molecule has 0 radical (unpaired) electrons. The zero-order valence-electron chi connectivity index (χ0n) is 19.2. The summed E-state index contributed by atoms with van der Waals surface area (Å²) in [6, 6.07) is 5.94. The number of ether oxygens (including phenoxy) is 1. The highest BCUT2D eigenvalue weighted by Crippen LogP contribution is 2.32. The Morgan fingerprint density at radius 2 is 1.97 bits per heavy atom. The first-order valence-electron chi connectivity index (χ1n) is 11.8. The van der Waals surface area contributed by atoms with Crippen LogP contribution in [0.5, 0.6) is 0 Å². The van der Waals surface area contributed by atoms with Gasteiger partial charge in [0.05, 0.1) is 18.2 Å². The minimum Gasteiger partial charge on any atom is -0.376 e. The van der Waals surface area contributed by atoms with E-state index in [0.29, 0.717) is 18.0 Å². The highest BCUT2D eigenvalue weighted by atomic mass is 16.5. The van der Waals surface area contributed by atoms with Crippen molar-refractivity contribution < 1.29 is 4.74 Å². The number of aromatic nitrogens is 5. The molecule has 1 aromatic carbocycles. The summed E-state index contributed by atoms with van der Waals surface area (Å²) in [6.07, 6.45) is 4.42. The van der Waals surface area contributed by atoms with Crippen molar-refractivity contribution in [2.45, 2.75) is 65.1 Å². The van der Waals surface area contributed by atoms with E-state index in [4.69, 9.17) is 4.74 Å². The van der Waals surface area contributed by atoms with Gasteiger partial charge in [-0.2, -0.15) is 0 Å². The van der Waals surface area contributed by atoms with Crippen molar-refractivity contribution in [2.75, 3.05) is 19.7 Å². The number of aryl methyl sites for hydroxylation is 2. The number of rotatable bonds is 5. The molecule has 2 saturated heterocycles. The predicted octanol–water partition coefficient (Wildman–Crippen LogP) is 3.13. The molecular weight excluding hydrogens is 404 g/mol. The van der Waals surface area contributed by atoms with Crippen LogP contribution in [0.25, 0.3) is 10.9 Å². The van der Waals surface area contributed by atoms with E-state index < -0.39 is 0 Å². The van der Waals surface area contributed by atoms with Crippen LogP contribution in [-0.2, 0) is 11.3 Å². The summed E-state index contributed by atoms with van der Waals surface area (Å²) in [7, 11) is 0. The van der Waals surface area contributed by atoms with Crippen LogP contribution in [0.1, 0.15) is 61.2 Å². The number of benzene rings is 1. The highest BCUT2D eigenvalue weighted by Gasteiger charge is 2.33. The van der Waals surface area contributed by atoms with Gasteiger partial charge in [-0.15, -0.1) is 5.10 Å². The van der Waals surface area contributed by atoms with Crippen molar-refractivity contribution in [3.8, 4) is 0 Å². The van der Waals surface area contributed by atoms with Crippen molar-refractivity contribution in [1.82, 2.24) is 30.1 Å². The van der Waals surface area contributed by atoms with Crippen molar-refractivity contribution in [1.29, 1.82) is 0 Å². The zero-order valence-corrected chi connectivity index (χ0v) is 19.2. The average Bonchev–Trinajstić information content (AvgIpc) is 3.46. The molecule has 1 N–H and O–H groups in total. The van der Waals surface area contributed by atoms with E-state index in [-0.39, 0.29) is 17.7 Å². The summed E-state index contributed by atoms with van der Waals surface area (Å²) in [5, 5.41) is 13.8. The lowest BCUT2D eigenvalue weighted by atomic mass is 9.94. The van der Waals surface area contributed by atoms with E-state index in [9.17, 15) is 4.79 Å². The molecule has 2 aliphatic heterocycles. The van der Waals surface area contributed by atoms with Crippen LogP contribution in [0.4, 0.5) is 0 Å². The van der Waals surface area contributed by atoms with E-state index in [1.165, 1.54) is 0 Å². The largest absolute Gasteiger partial charge is 0.376 e. The first-order chi connectivity index (χ1) is 15.5. The van der Waals surface area contributed by atoms with Gasteiger partial charge in [0, 0.05) is 17.6 Å². The van der Waals surface area contributed by atoms with Crippen LogP contribution < -0.4 is 5.56 Å². The van der Waals surface area contributed by atoms with Crippen LogP contribution in [0.2, 0.25) is 0 Å². The maximum absolute atomic E-state index is 13.4. The molecule has 8 heteroatoms. The third kappa shape index (κ3) is 3.97. The SMILES string of the molecule is Cc1ccc(C)c2[nH]c(=O)c([C@H](c3nnnn3C[C@H]3CCCO3)N3CCC(C)CC3)cc12. The van der Waals surface area contributed by atoms with Crippen molar-refractivity contribution >= 4 is 10.9 Å². The molecule has 0 aliphatic carbocycles. The summed E-state index contributed by atoms with van der Waals surface area (Å²) >= 11 is 0. The molecule has 3 aromatic rings. The molecule has 2 fully saturated rings. The molecule has 2 aromatic heterocycles. The highest BCUT2D eigenvalue weighted by molar-refractivity contribution is 5.85. The fourth-order valence-electron chi connectivity index (χ4n) is 5.10. The molecule has 2 atom stereocenters. The molecule has 8 nitrogen and oxygen atoms in total. The van der Waals surface area contributed by atoms with E-state index in [1.807, 2.05) is 11.6 Å². The van der Waals surface area contributed by atoms with Crippen molar-refractivity contribution in [3.05, 3.63) is 51.1 Å². The Balaban J connectivity index is 1.62. The summed E-state index contributed by atoms with van der Waals surface area (Å²) in [6.45, 7) is 9.66. The van der Waals surface area contributed by atoms with Gasteiger partial charge in [0.25, 0.3) is 5.56 Å². The van der Waals surface area contributed by atoms with Crippen LogP contribution in [-0.4, -0.2) is 55.9 Å². The van der Waals surface area contributed by atoms with Gasteiger partial charge in [0.1, 0.15) is 6.04 Å². The molecule has 0 saturated carbocycles. The van der Waals surface area contributed by atoms with E-state index in [0.717, 1.165) is 73.2 Å². The standard InChI is InChI=1S/C24H32N6O2/c1-15-8-10-29(11-9-15)22(23-26-27-28-30(23)14-18-5-4-12-32-18)20-13-19-16(2)6-7-17(3)21(19)25-24(20)31/h6-7,13,15,18,22H,4-5,8-12,14H2,1-3H3,(H,25,31)/t18-,22-/m1/s1. The second-order valence-electron chi connectivity index (χ2n) is 9.52.